The smallest absolute Gasteiger partial charge is 0.408 e. The van der Waals surface area contributed by atoms with Gasteiger partial charge in [-0.25, -0.2) is 4.79 Å². The van der Waals surface area contributed by atoms with Gasteiger partial charge in [-0.3, -0.25) is 4.79 Å². The van der Waals surface area contributed by atoms with Crippen LogP contribution in [-0.4, -0.2) is 51.0 Å². The number of hydrogen-bond acceptors (Lipinski definition) is 4. The van der Waals surface area contributed by atoms with E-state index in [-0.39, 0.29) is 35.5 Å². The molecule has 1 aliphatic heterocycles. The van der Waals surface area contributed by atoms with Crippen LogP contribution in [0, 0.1) is 5.92 Å². The van der Waals surface area contributed by atoms with Gasteiger partial charge >= 0.3 is 6.09 Å². The molecule has 0 unspecified atom stereocenters. The Morgan fingerprint density at radius 1 is 1.17 bits per heavy atom. The normalized spacial score (nSPS) is 20.9. The number of carbonyl (C=O) groups excluding carboxylic acids is 2. The van der Waals surface area contributed by atoms with Crippen LogP contribution in [0.4, 0.5) is 4.79 Å². The summed E-state index contributed by atoms with van der Waals surface area (Å²) >= 11 is 0. The van der Waals surface area contributed by atoms with Gasteiger partial charge in [0.2, 0.25) is 5.91 Å². The number of alkyl carbamates (subject to hydrolysis) is 1. The summed E-state index contributed by atoms with van der Waals surface area (Å²) in [7, 11) is 0. The van der Waals surface area contributed by atoms with Crippen molar-refractivity contribution in [1.82, 2.24) is 15.7 Å². The zero-order valence-corrected chi connectivity index (χ0v) is 20.4. The molecule has 1 rings (SSSR count). The lowest BCUT2D eigenvalue weighted by Gasteiger charge is -2.47. The summed E-state index contributed by atoms with van der Waals surface area (Å²) in [4.78, 5) is 24.6. The molecule has 0 aromatic carbocycles. The lowest BCUT2D eigenvalue weighted by Crippen LogP contribution is -2.62. The molecule has 7 nitrogen and oxygen atoms in total. The fourth-order valence-electron chi connectivity index (χ4n) is 4.16. The molecular formula is C23H44N3O4+. The van der Waals surface area contributed by atoms with E-state index < -0.39 is 11.7 Å². The molecule has 2 amide bonds. The Morgan fingerprint density at radius 3 is 2.17 bits per heavy atom. The van der Waals surface area contributed by atoms with E-state index in [4.69, 9.17) is 9.94 Å². The van der Waals surface area contributed by atoms with Crippen LogP contribution in [0.25, 0.3) is 0 Å². The van der Waals surface area contributed by atoms with Gasteiger partial charge in [-0.2, -0.15) is 0 Å². The summed E-state index contributed by atoms with van der Waals surface area (Å²) in [5.74, 6) is 0.352. The maximum Gasteiger partial charge on any atom is 0.408 e. The standard InChI is InChI=1S/C23H43N3O4/c1-16(2)13-17(25-20(28)30-21(3,4)5)11-10-12-19(27)24-18-14-22(6,7)26(29)23(8,9)15-18/h10-11,16-18,29H,12-15H2,1-9H3,(H,24,27)(H,25,28)/p+1/b11-10+/t17-/m1/s1. The van der Waals surface area contributed by atoms with Crippen molar-refractivity contribution in [2.75, 3.05) is 0 Å². The van der Waals surface area contributed by atoms with Crippen molar-refractivity contribution in [3.8, 4) is 0 Å². The summed E-state index contributed by atoms with van der Waals surface area (Å²) in [5, 5.41) is 16.0. The van der Waals surface area contributed by atoms with E-state index >= 15 is 0 Å². The number of hydrogen-bond donors (Lipinski definition) is 2. The van der Waals surface area contributed by atoms with Gasteiger partial charge in [-0.1, -0.05) is 31.1 Å². The third kappa shape index (κ3) is 9.04. The molecule has 0 radical (unpaired) electrons. The Kier molecular flexibility index (Phi) is 8.93. The van der Waals surface area contributed by atoms with E-state index in [0.717, 1.165) is 19.3 Å². The maximum absolute atomic E-state index is 12.5. The molecule has 1 aliphatic rings. The molecular weight excluding hydrogens is 382 g/mol. The minimum atomic E-state index is -0.549. The maximum atomic E-state index is 12.5. The monoisotopic (exact) mass is 426 g/mol. The van der Waals surface area contributed by atoms with E-state index in [1.807, 2.05) is 60.6 Å². The van der Waals surface area contributed by atoms with Crippen LogP contribution in [0.3, 0.4) is 0 Å². The van der Waals surface area contributed by atoms with Gasteiger partial charge in [0.1, 0.15) is 5.60 Å². The van der Waals surface area contributed by atoms with Crippen molar-refractivity contribution in [3.63, 3.8) is 0 Å². The average Bonchev–Trinajstić information content (AvgIpc) is 2.49. The largest absolute Gasteiger partial charge is 0.444 e. The van der Waals surface area contributed by atoms with Crippen LogP contribution < -0.4 is 10.6 Å². The van der Waals surface area contributed by atoms with Crippen molar-refractivity contribution in [3.05, 3.63) is 12.2 Å². The third-order valence-corrected chi connectivity index (χ3v) is 5.17. The first-order valence-corrected chi connectivity index (χ1v) is 11.0. The van der Waals surface area contributed by atoms with Gasteiger partial charge in [0.25, 0.3) is 0 Å². The highest BCUT2D eigenvalue weighted by Crippen LogP contribution is 2.36. The third-order valence-electron chi connectivity index (χ3n) is 5.17. The van der Waals surface area contributed by atoms with E-state index in [1.54, 1.807) is 5.06 Å². The number of carbonyl (C=O) groups is 2. The fourth-order valence-corrected chi connectivity index (χ4v) is 4.16. The van der Waals surface area contributed by atoms with Crippen LogP contribution in [0.15, 0.2) is 12.2 Å². The SMILES string of the molecule is CC(C)C[C@@H](/C=C/CC(=O)NC1CC(C)(C)N([OH2+])C(C)(C)C1)NC(=O)OC(C)(C)C. The van der Waals surface area contributed by atoms with E-state index in [0.29, 0.717) is 5.92 Å². The van der Waals surface area contributed by atoms with Crippen molar-refractivity contribution >= 4 is 12.0 Å². The summed E-state index contributed by atoms with van der Waals surface area (Å²) < 4.78 is 5.34. The predicted molar refractivity (Wildman–Crippen MR) is 121 cm³/mol. The highest BCUT2D eigenvalue weighted by molar-refractivity contribution is 5.77. The number of nitrogens with zero attached hydrogens (tertiary/aromatic N) is 1. The molecule has 1 atom stereocenters. The second-order valence-corrected chi connectivity index (χ2v) is 11.1. The fraction of sp³-hybridized carbons (Fsp3) is 0.826. The minimum Gasteiger partial charge on any atom is -0.444 e. The first-order chi connectivity index (χ1) is 13.5. The number of rotatable bonds is 7. The number of amides is 2. The Labute approximate surface area is 182 Å². The van der Waals surface area contributed by atoms with Gasteiger partial charge in [0.05, 0.1) is 17.1 Å². The van der Waals surface area contributed by atoms with Gasteiger partial charge in [-0.15, -0.1) is 0 Å². The van der Waals surface area contributed by atoms with Crippen LogP contribution in [0.1, 0.15) is 88.0 Å². The highest BCUT2D eigenvalue weighted by atomic mass is 16.6. The Balaban J connectivity index is 2.63. The van der Waals surface area contributed by atoms with E-state index in [2.05, 4.69) is 24.5 Å². The van der Waals surface area contributed by atoms with Crippen molar-refractivity contribution in [2.24, 2.45) is 5.92 Å². The van der Waals surface area contributed by atoms with Crippen LogP contribution in [0.2, 0.25) is 0 Å². The second-order valence-electron chi connectivity index (χ2n) is 11.1. The van der Waals surface area contributed by atoms with Gasteiger partial charge < -0.3 is 20.6 Å². The molecule has 0 aliphatic carbocycles. The molecule has 0 aromatic rings. The molecule has 0 aromatic heterocycles. The topological polar surface area (TPSA) is 93.6 Å². The number of ether oxygens (including phenoxy) is 1. The Morgan fingerprint density at radius 2 is 1.70 bits per heavy atom. The molecule has 1 fully saturated rings. The van der Waals surface area contributed by atoms with Crippen LogP contribution in [0.5, 0.6) is 0 Å². The summed E-state index contributed by atoms with van der Waals surface area (Å²) in [6.45, 7) is 17.8. The highest BCUT2D eigenvalue weighted by Gasteiger charge is 2.48. The quantitative estimate of drug-likeness (QED) is 0.480. The number of piperidine rings is 1. The first-order valence-electron chi connectivity index (χ1n) is 11.0. The molecule has 0 saturated carbocycles. The minimum absolute atomic E-state index is 0.0400. The number of hydroxylamine groups is 2. The first kappa shape index (κ1) is 26.4. The molecule has 0 bridgehead atoms. The molecule has 1 saturated heterocycles. The van der Waals surface area contributed by atoms with Crippen molar-refractivity contribution < 1.29 is 19.5 Å². The lowest BCUT2D eigenvalue weighted by atomic mass is 9.79. The molecule has 7 heteroatoms. The predicted octanol–water partition coefficient (Wildman–Crippen LogP) is 3.65. The Bertz CT molecular complexity index is 602. The molecule has 1 heterocycles. The lowest BCUT2D eigenvalue weighted by molar-refractivity contribution is -0.246. The summed E-state index contributed by atoms with van der Waals surface area (Å²) in [5.41, 5.74) is -1.14. The van der Waals surface area contributed by atoms with E-state index in [1.165, 1.54) is 0 Å². The molecule has 30 heavy (non-hydrogen) atoms. The van der Waals surface area contributed by atoms with Crippen LogP contribution >= 0.6 is 0 Å². The number of nitrogens with one attached hydrogen (secondary N) is 2. The van der Waals surface area contributed by atoms with Gasteiger partial charge in [-0.05, 0) is 73.6 Å². The zero-order valence-electron chi connectivity index (χ0n) is 20.4. The summed E-state index contributed by atoms with van der Waals surface area (Å²) in [6.07, 6.45) is 5.75. The molecule has 174 valence electrons. The average molecular weight is 427 g/mol. The van der Waals surface area contributed by atoms with Crippen molar-refractivity contribution in [2.45, 2.75) is 117 Å². The second kappa shape index (κ2) is 10.1. The zero-order chi connectivity index (χ0) is 23.3. The summed E-state index contributed by atoms with van der Waals surface area (Å²) in [6, 6.07) is -0.138. The van der Waals surface area contributed by atoms with E-state index in [9.17, 15) is 9.59 Å². The van der Waals surface area contributed by atoms with Gasteiger partial charge in [0.15, 0.2) is 0 Å². The Hall–Kier alpha value is -1.60. The molecule has 4 N–H and O–H groups in total. The van der Waals surface area contributed by atoms with Crippen molar-refractivity contribution in [1.29, 1.82) is 0 Å². The van der Waals surface area contributed by atoms with Crippen LogP contribution in [-0.2, 0) is 9.53 Å². The van der Waals surface area contributed by atoms with Gasteiger partial charge in [0, 0.05) is 12.5 Å². The molecule has 0 spiro atoms.